The number of pyridine rings is 1. The van der Waals surface area contributed by atoms with Gasteiger partial charge >= 0.3 is 12.0 Å². The molecule has 3 N–H and O–H groups in total. The summed E-state index contributed by atoms with van der Waals surface area (Å²) in [5, 5.41) is 2.87. The summed E-state index contributed by atoms with van der Waals surface area (Å²) in [5.74, 6) is -1.55. The highest BCUT2D eigenvalue weighted by molar-refractivity contribution is 6.33. The van der Waals surface area contributed by atoms with Crippen LogP contribution in [-0.4, -0.2) is 29.5 Å². The maximum absolute atomic E-state index is 12.5. The van der Waals surface area contributed by atoms with E-state index in [1.807, 2.05) is 11.4 Å². The Kier molecular flexibility index (Phi) is 5.33. The molecule has 136 valence electrons. The molecule has 1 heterocycles. The van der Waals surface area contributed by atoms with E-state index in [0.29, 0.717) is 27.2 Å². The molecule has 0 aliphatic heterocycles. The van der Waals surface area contributed by atoms with Crippen molar-refractivity contribution in [2.24, 2.45) is 5.73 Å². The number of fused-ring (bicyclic) bond motifs is 1. The maximum Gasteiger partial charge on any atom is 0.339 e. The SMILES string of the molecule is NC(=O)NC(=O)COC(=O)c1cc(-c2ccccc2Cl)nc2ccccc12. The molecule has 1 aromatic heterocycles. The standard InChI is InChI=1S/C19H14ClN3O4/c20-14-7-3-1-6-12(14)16-9-13(11-5-2-4-8-15(11)22-16)18(25)27-10-17(24)23-19(21)26/h1-9H,10H2,(H3,21,23,24,26). The lowest BCUT2D eigenvalue weighted by molar-refractivity contribution is -0.123. The largest absolute Gasteiger partial charge is 0.452 e. The van der Waals surface area contributed by atoms with Gasteiger partial charge in [0.1, 0.15) is 0 Å². The minimum absolute atomic E-state index is 0.224. The number of hydrogen-bond donors (Lipinski definition) is 2. The summed E-state index contributed by atoms with van der Waals surface area (Å²) in [6.45, 7) is -0.639. The van der Waals surface area contributed by atoms with E-state index in [-0.39, 0.29) is 5.56 Å². The van der Waals surface area contributed by atoms with E-state index in [1.165, 1.54) is 0 Å². The number of amides is 3. The normalized spacial score (nSPS) is 10.4. The lowest BCUT2D eigenvalue weighted by Gasteiger charge is -2.10. The fourth-order valence-corrected chi connectivity index (χ4v) is 2.77. The second-order valence-electron chi connectivity index (χ2n) is 5.54. The monoisotopic (exact) mass is 383 g/mol. The smallest absolute Gasteiger partial charge is 0.339 e. The number of hydrogen-bond acceptors (Lipinski definition) is 5. The Bertz CT molecular complexity index is 1050. The molecule has 0 saturated carbocycles. The highest BCUT2D eigenvalue weighted by Crippen LogP contribution is 2.30. The number of urea groups is 1. The van der Waals surface area contributed by atoms with E-state index in [2.05, 4.69) is 4.98 Å². The van der Waals surface area contributed by atoms with Crippen LogP contribution < -0.4 is 11.1 Å². The Morgan fingerprint density at radius 1 is 1.07 bits per heavy atom. The molecule has 0 aliphatic rings. The van der Waals surface area contributed by atoms with E-state index >= 15 is 0 Å². The molecule has 0 aliphatic carbocycles. The molecule has 0 bridgehead atoms. The molecule has 0 atom stereocenters. The molecule has 3 aromatic rings. The molecule has 3 amide bonds. The Balaban J connectivity index is 1.98. The van der Waals surface area contributed by atoms with Gasteiger partial charge in [-0.15, -0.1) is 0 Å². The third-order valence-corrected chi connectivity index (χ3v) is 4.01. The van der Waals surface area contributed by atoms with Gasteiger partial charge in [-0.1, -0.05) is 48.0 Å². The van der Waals surface area contributed by atoms with Crippen molar-refractivity contribution in [2.75, 3.05) is 6.61 Å². The molecule has 0 radical (unpaired) electrons. The molecule has 8 heteroatoms. The van der Waals surface area contributed by atoms with Crippen LogP contribution in [0, 0.1) is 0 Å². The average Bonchev–Trinajstić information content (AvgIpc) is 2.65. The van der Waals surface area contributed by atoms with Crippen LogP contribution in [0.25, 0.3) is 22.2 Å². The molecule has 0 saturated heterocycles. The van der Waals surface area contributed by atoms with Gasteiger partial charge in [-0.2, -0.15) is 0 Å². The predicted octanol–water partition coefficient (Wildman–Crippen LogP) is 2.91. The van der Waals surface area contributed by atoms with Gasteiger partial charge in [0.05, 0.1) is 16.8 Å². The third kappa shape index (κ3) is 4.21. The average molecular weight is 384 g/mol. The highest BCUT2D eigenvalue weighted by Gasteiger charge is 2.17. The van der Waals surface area contributed by atoms with Crippen molar-refractivity contribution < 1.29 is 19.1 Å². The van der Waals surface area contributed by atoms with Crippen molar-refractivity contribution >= 4 is 40.4 Å². The zero-order valence-corrected chi connectivity index (χ0v) is 14.7. The number of aromatic nitrogens is 1. The van der Waals surface area contributed by atoms with Crippen molar-refractivity contribution in [3.8, 4) is 11.3 Å². The van der Waals surface area contributed by atoms with Gasteiger partial charge in [-0.05, 0) is 18.2 Å². The Morgan fingerprint density at radius 2 is 1.78 bits per heavy atom. The number of nitrogens with one attached hydrogen (secondary N) is 1. The van der Waals surface area contributed by atoms with Crippen molar-refractivity contribution in [3.63, 3.8) is 0 Å². The van der Waals surface area contributed by atoms with Gasteiger partial charge in [0, 0.05) is 16.0 Å². The van der Waals surface area contributed by atoms with Crippen LogP contribution in [0.5, 0.6) is 0 Å². The molecule has 0 unspecified atom stereocenters. The molecular weight excluding hydrogens is 370 g/mol. The fourth-order valence-electron chi connectivity index (χ4n) is 2.53. The lowest BCUT2D eigenvalue weighted by atomic mass is 10.0. The molecule has 7 nitrogen and oxygen atoms in total. The van der Waals surface area contributed by atoms with Crippen LogP contribution in [0.3, 0.4) is 0 Å². The van der Waals surface area contributed by atoms with Crippen molar-refractivity contribution in [3.05, 3.63) is 65.2 Å². The number of nitrogens with two attached hydrogens (primary N) is 1. The first-order chi connectivity index (χ1) is 13.0. The summed E-state index contributed by atoms with van der Waals surface area (Å²) < 4.78 is 5.00. The Morgan fingerprint density at radius 3 is 2.52 bits per heavy atom. The number of primary amides is 1. The number of nitrogens with zero attached hydrogens (tertiary/aromatic N) is 1. The summed E-state index contributed by atoms with van der Waals surface area (Å²) in [4.78, 5) is 39.2. The lowest BCUT2D eigenvalue weighted by Crippen LogP contribution is -2.37. The number of benzene rings is 2. The zero-order valence-electron chi connectivity index (χ0n) is 13.9. The van der Waals surface area contributed by atoms with Crippen LogP contribution in [-0.2, 0) is 9.53 Å². The van der Waals surface area contributed by atoms with Crippen molar-refractivity contribution in [1.82, 2.24) is 10.3 Å². The number of rotatable bonds is 4. The van der Waals surface area contributed by atoms with Gasteiger partial charge < -0.3 is 10.5 Å². The topological polar surface area (TPSA) is 111 Å². The highest BCUT2D eigenvalue weighted by atomic mass is 35.5. The van der Waals surface area contributed by atoms with E-state index in [1.54, 1.807) is 48.5 Å². The van der Waals surface area contributed by atoms with E-state index in [4.69, 9.17) is 22.1 Å². The van der Waals surface area contributed by atoms with Gasteiger partial charge in [0.25, 0.3) is 5.91 Å². The van der Waals surface area contributed by atoms with E-state index in [9.17, 15) is 14.4 Å². The second-order valence-corrected chi connectivity index (χ2v) is 5.95. The van der Waals surface area contributed by atoms with Gasteiger partial charge in [0.2, 0.25) is 0 Å². The molecule has 3 rings (SSSR count). The number of para-hydroxylation sites is 1. The number of carbonyl (C=O) groups is 3. The maximum atomic E-state index is 12.5. The zero-order chi connectivity index (χ0) is 19.4. The van der Waals surface area contributed by atoms with Gasteiger partial charge in [0.15, 0.2) is 6.61 Å². The second kappa shape index (κ2) is 7.84. The first-order valence-electron chi connectivity index (χ1n) is 7.87. The summed E-state index contributed by atoms with van der Waals surface area (Å²) in [6.07, 6.45) is 0. The van der Waals surface area contributed by atoms with E-state index in [0.717, 1.165) is 0 Å². The van der Waals surface area contributed by atoms with Crippen molar-refractivity contribution in [2.45, 2.75) is 0 Å². The Hall–Kier alpha value is -3.45. The van der Waals surface area contributed by atoms with Gasteiger partial charge in [-0.25, -0.2) is 14.6 Å². The molecule has 27 heavy (non-hydrogen) atoms. The summed E-state index contributed by atoms with van der Waals surface area (Å²) in [6, 6.07) is 14.7. The summed E-state index contributed by atoms with van der Waals surface area (Å²) in [5.41, 5.74) is 6.80. The van der Waals surface area contributed by atoms with E-state index < -0.39 is 24.5 Å². The van der Waals surface area contributed by atoms with Crippen LogP contribution >= 0.6 is 11.6 Å². The number of imide groups is 1. The van der Waals surface area contributed by atoms with Crippen molar-refractivity contribution in [1.29, 1.82) is 0 Å². The number of ether oxygens (including phenoxy) is 1. The number of carbonyl (C=O) groups excluding carboxylic acids is 3. The first-order valence-corrected chi connectivity index (χ1v) is 8.24. The predicted molar refractivity (Wildman–Crippen MR) is 100 cm³/mol. The van der Waals surface area contributed by atoms with Crippen LogP contribution in [0.15, 0.2) is 54.6 Å². The molecule has 0 fully saturated rings. The van der Waals surface area contributed by atoms with Crippen LogP contribution in [0.2, 0.25) is 5.02 Å². The molecule has 2 aromatic carbocycles. The van der Waals surface area contributed by atoms with Crippen LogP contribution in [0.1, 0.15) is 10.4 Å². The Labute approximate surface area is 159 Å². The third-order valence-electron chi connectivity index (χ3n) is 3.68. The minimum atomic E-state index is -1.02. The quantitative estimate of drug-likeness (QED) is 0.673. The first kappa shape index (κ1) is 18.3. The molecule has 0 spiro atoms. The number of halogens is 1. The fraction of sp³-hybridized carbons (Fsp3) is 0.0526. The minimum Gasteiger partial charge on any atom is -0.452 e. The van der Waals surface area contributed by atoms with Gasteiger partial charge in [-0.3, -0.25) is 10.1 Å². The number of esters is 1. The molecular formula is C19H14ClN3O4. The summed E-state index contributed by atoms with van der Waals surface area (Å²) in [7, 11) is 0. The van der Waals surface area contributed by atoms with Crippen LogP contribution in [0.4, 0.5) is 4.79 Å². The summed E-state index contributed by atoms with van der Waals surface area (Å²) >= 11 is 6.24.